The minimum absolute atomic E-state index is 0.0263. The molecule has 0 saturated heterocycles. The number of fused-ring (bicyclic) bond motifs is 1. The minimum atomic E-state index is -0.814. The van der Waals surface area contributed by atoms with Crippen molar-refractivity contribution in [3.05, 3.63) is 40.5 Å². The Morgan fingerprint density at radius 2 is 2.20 bits per heavy atom. The molecular weight excluding hydrogens is 320 g/mol. The first-order chi connectivity index (χ1) is 9.47. The van der Waals surface area contributed by atoms with Gasteiger partial charge in [-0.05, 0) is 37.6 Å². The van der Waals surface area contributed by atoms with Gasteiger partial charge in [0.05, 0.1) is 12.1 Å². The van der Waals surface area contributed by atoms with Crippen LogP contribution >= 0.6 is 15.9 Å². The second kappa shape index (κ2) is 6.33. The molecule has 0 bridgehead atoms. The van der Waals surface area contributed by atoms with Crippen molar-refractivity contribution >= 4 is 32.8 Å². The molecule has 1 aromatic heterocycles. The van der Waals surface area contributed by atoms with Crippen LogP contribution in [0.1, 0.15) is 19.4 Å². The molecule has 1 aromatic carbocycles. The van der Waals surface area contributed by atoms with E-state index in [4.69, 9.17) is 5.11 Å². The van der Waals surface area contributed by atoms with E-state index >= 15 is 0 Å². The maximum absolute atomic E-state index is 11.0. The molecule has 1 N–H and O–H groups in total. The average Bonchev–Trinajstić information content (AvgIpc) is 2.37. The quantitative estimate of drug-likeness (QED) is 0.910. The molecule has 4 nitrogen and oxygen atoms in total. The van der Waals surface area contributed by atoms with E-state index in [9.17, 15) is 4.79 Å². The van der Waals surface area contributed by atoms with Crippen LogP contribution in [-0.4, -0.2) is 33.5 Å². The molecule has 0 atom stereocenters. The predicted octanol–water partition coefficient (Wildman–Crippen LogP) is 3.29. The second-order valence-electron chi connectivity index (χ2n) is 5.03. The summed E-state index contributed by atoms with van der Waals surface area (Å²) in [4.78, 5) is 17.3. The molecule has 0 spiro atoms. The van der Waals surface area contributed by atoms with Crippen molar-refractivity contribution in [1.29, 1.82) is 0 Å². The molecule has 0 unspecified atom stereocenters. The summed E-state index contributed by atoms with van der Waals surface area (Å²) in [6.45, 7) is 4.59. The van der Waals surface area contributed by atoms with Crippen molar-refractivity contribution in [2.45, 2.75) is 26.4 Å². The van der Waals surface area contributed by atoms with Gasteiger partial charge >= 0.3 is 5.97 Å². The Bertz CT molecular complexity index is 628. The number of aliphatic carboxylic acids is 1. The second-order valence-corrected chi connectivity index (χ2v) is 5.95. The molecule has 2 rings (SSSR count). The summed E-state index contributed by atoms with van der Waals surface area (Å²) < 4.78 is 0.979. The fourth-order valence-electron chi connectivity index (χ4n) is 2.16. The molecule has 5 heteroatoms. The van der Waals surface area contributed by atoms with Gasteiger partial charge in [0.15, 0.2) is 0 Å². The van der Waals surface area contributed by atoms with E-state index in [-0.39, 0.29) is 12.6 Å². The molecule has 0 aliphatic heterocycles. The van der Waals surface area contributed by atoms with Crippen LogP contribution < -0.4 is 0 Å². The number of aromatic nitrogens is 1. The van der Waals surface area contributed by atoms with Crippen molar-refractivity contribution in [2.75, 3.05) is 6.54 Å². The standard InChI is InChI=1S/C15H17BrN2O2/c1-10(2)18(9-14(19)20)8-12-7-13(16)6-11-4-3-5-17-15(11)12/h3-7,10H,8-9H2,1-2H3,(H,19,20). The third-order valence-corrected chi connectivity index (χ3v) is 3.65. The van der Waals surface area contributed by atoms with E-state index in [0.29, 0.717) is 6.54 Å². The number of hydrogen-bond acceptors (Lipinski definition) is 3. The number of hydrogen-bond donors (Lipinski definition) is 1. The van der Waals surface area contributed by atoms with Crippen molar-refractivity contribution in [3.8, 4) is 0 Å². The largest absolute Gasteiger partial charge is 0.480 e. The number of carbonyl (C=O) groups is 1. The van der Waals surface area contributed by atoms with Crippen molar-refractivity contribution < 1.29 is 9.90 Å². The monoisotopic (exact) mass is 336 g/mol. The Labute approximate surface area is 126 Å². The lowest BCUT2D eigenvalue weighted by molar-refractivity contribution is -0.138. The topological polar surface area (TPSA) is 53.4 Å². The molecule has 0 aliphatic rings. The SMILES string of the molecule is CC(C)N(CC(=O)O)Cc1cc(Br)cc2cccnc12. The zero-order valence-electron chi connectivity index (χ0n) is 11.5. The number of rotatable bonds is 5. The van der Waals surface area contributed by atoms with Crippen LogP contribution in [0.15, 0.2) is 34.9 Å². The number of halogens is 1. The number of nitrogens with zero attached hydrogens (tertiary/aromatic N) is 2. The van der Waals surface area contributed by atoms with Crippen LogP contribution in [0.3, 0.4) is 0 Å². The Morgan fingerprint density at radius 3 is 2.85 bits per heavy atom. The molecule has 0 saturated carbocycles. The maximum atomic E-state index is 11.0. The van der Waals surface area contributed by atoms with E-state index in [1.165, 1.54) is 0 Å². The Morgan fingerprint density at radius 1 is 1.45 bits per heavy atom. The van der Waals surface area contributed by atoms with E-state index < -0.39 is 5.97 Å². The third kappa shape index (κ3) is 3.55. The lowest BCUT2D eigenvalue weighted by atomic mass is 10.1. The van der Waals surface area contributed by atoms with Crippen LogP contribution in [0.25, 0.3) is 10.9 Å². The molecule has 0 radical (unpaired) electrons. The first kappa shape index (κ1) is 14.9. The zero-order chi connectivity index (χ0) is 14.7. The minimum Gasteiger partial charge on any atom is -0.480 e. The van der Waals surface area contributed by atoms with Gasteiger partial charge in [0.2, 0.25) is 0 Å². The van der Waals surface area contributed by atoms with E-state index in [2.05, 4.69) is 20.9 Å². The highest BCUT2D eigenvalue weighted by Crippen LogP contribution is 2.24. The summed E-state index contributed by atoms with van der Waals surface area (Å²) in [6, 6.07) is 8.09. The lowest BCUT2D eigenvalue weighted by Gasteiger charge is -2.25. The predicted molar refractivity (Wildman–Crippen MR) is 82.6 cm³/mol. The molecule has 2 aromatic rings. The Kier molecular flexibility index (Phi) is 4.73. The van der Waals surface area contributed by atoms with E-state index in [0.717, 1.165) is 20.9 Å². The summed E-state index contributed by atoms with van der Waals surface area (Å²) in [5, 5.41) is 10.1. The normalized spacial score (nSPS) is 11.4. The highest BCUT2D eigenvalue weighted by atomic mass is 79.9. The van der Waals surface area contributed by atoms with E-state index in [1.807, 2.05) is 43.0 Å². The molecule has 1 heterocycles. The molecule has 20 heavy (non-hydrogen) atoms. The number of carboxylic acids is 1. The maximum Gasteiger partial charge on any atom is 0.317 e. The van der Waals surface area contributed by atoms with Gasteiger partial charge in [-0.2, -0.15) is 0 Å². The summed E-state index contributed by atoms with van der Waals surface area (Å²) in [5.41, 5.74) is 1.96. The summed E-state index contributed by atoms with van der Waals surface area (Å²) in [7, 11) is 0. The third-order valence-electron chi connectivity index (χ3n) is 3.19. The van der Waals surface area contributed by atoms with Crippen molar-refractivity contribution in [3.63, 3.8) is 0 Å². The van der Waals surface area contributed by atoms with Gasteiger partial charge in [-0.25, -0.2) is 0 Å². The van der Waals surface area contributed by atoms with Crippen molar-refractivity contribution in [2.24, 2.45) is 0 Å². The molecule has 106 valence electrons. The Balaban J connectivity index is 2.38. The van der Waals surface area contributed by atoms with Gasteiger partial charge in [0.1, 0.15) is 0 Å². The van der Waals surface area contributed by atoms with Gasteiger partial charge in [-0.3, -0.25) is 14.7 Å². The van der Waals surface area contributed by atoms with Crippen molar-refractivity contribution in [1.82, 2.24) is 9.88 Å². The fourth-order valence-corrected chi connectivity index (χ4v) is 2.68. The van der Waals surface area contributed by atoms with E-state index in [1.54, 1.807) is 6.20 Å². The number of carboxylic acid groups (broad SMARTS) is 1. The summed E-state index contributed by atoms with van der Waals surface area (Å²) in [6.07, 6.45) is 1.76. The number of benzene rings is 1. The first-order valence-electron chi connectivity index (χ1n) is 6.46. The lowest BCUT2D eigenvalue weighted by Crippen LogP contribution is -2.35. The molecule has 0 fully saturated rings. The van der Waals surface area contributed by atoms with Gasteiger partial charge in [0.25, 0.3) is 0 Å². The van der Waals surface area contributed by atoms with Gasteiger partial charge in [0, 0.05) is 28.6 Å². The van der Waals surface area contributed by atoms with Gasteiger partial charge in [-0.1, -0.05) is 22.0 Å². The smallest absolute Gasteiger partial charge is 0.317 e. The first-order valence-corrected chi connectivity index (χ1v) is 7.25. The van der Waals surface area contributed by atoms with Crippen LogP contribution in [-0.2, 0) is 11.3 Å². The zero-order valence-corrected chi connectivity index (χ0v) is 13.1. The highest BCUT2D eigenvalue weighted by Gasteiger charge is 2.16. The summed E-state index contributed by atoms with van der Waals surface area (Å²) >= 11 is 3.50. The molecular formula is C15H17BrN2O2. The van der Waals surface area contributed by atoms with Crippen LogP contribution in [0.4, 0.5) is 0 Å². The molecule has 0 amide bonds. The van der Waals surface area contributed by atoms with Crippen LogP contribution in [0.2, 0.25) is 0 Å². The Hall–Kier alpha value is -1.46. The van der Waals surface area contributed by atoms with Gasteiger partial charge in [-0.15, -0.1) is 0 Å². The van der Waals surface area contributed by atoms with Gasteiger partial charge < -0.3 is 5.11 Å². The summed E-state index contributed by atoms with van der Waals surface area (Å²) in [5.74, 6) is -0.814. The van der Waals surface area contributed by atoms with Crippen LogP contribution in [0, 0.1) is 0 Å². The fraction of sp³-hybridized carbons (Fsp3) is 0.333. The number of pyridine rings is 1. The molecule has 0 aliphatic carbocycles. The van der Waals surface area contributed by atoms with Crippen LogP contribution in [0.5, 0.6) is 0 Å². The highest BCUT2D eigenvalue weighted by molar-refractivity contribution is 9.10. The average molecular weight is 337 g/mol.